The molecule has 1 heterocycles. The van der Waals surface area contributed by atoms with E-state index in [1.807, 2.05) is 13.8 Å². The van der Waals surface area contributed by atoms with Crippen molar-refractivity contribution in [2.45, 2.75) is 26.3 Å². The van der Waals surface area contributed by atoms with Crippen LogP contribution < -0.4 is 24.4 Å². The predicted octanol–water partition coefficient (Wildman–Crippen LogP) is 1.16. The van der Waals surface area contributed by atoms with Gasteiger partial charge in [0.2, 0.25) is 11.7 Å². The Hall–Kier alpha value is -2.77. The zero-order valence-corrected chi connectivity index (χ0v) is 15.0. The van der Waals surface area contributed by atoms with E-state index in [2.05, 4.69) is 5.32 Å². The van der Waals surface area contributed by atoms with Crippen LogP contribution in [0.4, 0.5) is 5.69 Å². The number of hydrogen-bond acceptors (Lipinski definition) is 6. The summed E-state index contributed by atoms with van der Waals surface area (Å²) in [6, 6.07) is 1.47. The SMILES string of the molecule is CCC(C)NC(=O)CN1C(=O)C(=O)c2c1cc(OC)c(OC)c2OC. The molecule has 8 heteroatoms. The van der Waals surface area contributed by atoms with Gasteiger partial charge in [0.15, 0.2) is 11.5 Å². The molecule has 1 N–H and O–H groups in total. The standard InChI is InChI=1S/C17H22N2O6/c1-6-9(2)18-12(20)8-19-10-7-11(23-3)15(24-4)16(25-5)13(10)14(21)17(19)22/h7,9H,6,8H2,1-5H3,(H,18,20). The number of rotatable bonds is 7. The van der Waals surface area contributed by atoms with E-state index in [0.717, 1.165) is 11.3 Å². The summed E-state index contributed by atoms with van der Waals surface area (Å²) in [5.74, 6) is -1.26. The van der Waals surface area contributed by atoms with E-state index < -0.39 is 11.7 Å². The number of benzene rings is 1. The molecule has 1 aromatic rings. The maximum absolute atomic E-state index is 12.4. The summed E-state index contributed by atoms with van der Waals surface area (Å²) in [5, 5.41) is 2.77. The Kier molecular flexibility index (Phi) is 5.51. The van der Waals surface area contributed by atoms with Crippen LogP contribution >= 0.6 is 0 Å². The van der Waals surface area contributed by atoms with Gasteiger partial charge >= 0.3 is 0 Å². The van der Waals surface area contributed by atoms with Gasteiger partial charge in [-0.25, -0.2) is 0 Å². The zero-order chi connectivity index (χ0) is 18.7. The number of carbonyl (C=O) groups excluding carboxylic acids is 3. The molecule has 0 radical (unpaired) electrons. The maximum atomic E-state index is 12.4. The summed E-state index contributed by atoms with van der Waals surface area (Å²) in [6.07, 6.45) is 0.758. The van der Waals surface area contributed by atoms with E-state index in [1.54, 1.807) is 0 Å². The monoisotopic (exact) mass is 350 g/mol. The van der Waals surface area contributed by atoms with Crippen LogP contribution in [0.3, 0.4) is 0 Å². The van der Waals surface area contributed by atoms with E-state index in [4.69, 9.17) is 14.2 Å². The molecule has 1 aromatic carbocycles. The molecular formula is C17H22N2O6. The Morgan fingerprint density at radius 2 is 1.80 bits per heavy atom. The third-order valence-corrected chi connectivity index (χ3v) is 4.09. The first-order chi connectivity index (χ1) is 11.9. The average molecular weight is 350 g/mol. The summed E-state index contributed by atoms with van der Waals surface area (Å²) in [6.45, 7) is 3.53. The highest BCUT2D eigenvalue weighted by Gasteiger charge is 2.42. The largest absolute Gasteiger partial charge is 0.493 e. The fourth-order valence-corrected chi connectivity index (χ4v) is 2.64. The number of anilines is 1. The smallest absolute Gasteiger partial charge is 0.300 e. The molecule has 1 unspecified atom stereocenters. The van der Waals surface area contributed by atoms with Gasteiger partial charge in [0.1, 0.15) is 6.54 Å². The lowest BCUT2D eigenvalue weighted by Gasteiger charge is -2.20. The second-order valence-corrected chi connectivity index (χ2v) is 5.64. The van der Waals surface area contributed by atoms with Gasteiger partial charge in [-0.1, -0.05) is 6.92 Å². The van der Waals surface area contributed by atoms with Crippen molar-refractivity contribution in [2.24, 2.45) is 0 Å². The number of nitrogens with one attached hydrogen (secondary N) is 1. The highest BCUT2D eigenvalue weighted by atomic mass is 16.5. The molecule has 0 bridgehead atoms. The van der Waals surface area contributed by atoms with Crippen LogP contribution in [0.5, 0.6) is 17.2 Å². The minimum atomic E-state index is -0.789. The molecule has 25 heavy (non-hydrogen) atoms. The molecule has 2 rings (SSSR count). The van der Waals surface area contributed by atoms with Gasteiger partial charge in [-0.15, -0.1) is 0 Å². The van der Waals surface area contributed by atoms with Crippen LogP contribution in [0.15, 0.2) is 6.07 Å². The van der Waals surface area contributed by atoms with Crippen molar-refractivity contribution >= 4 is 23.3 Å². The number of methoxy groups -OCH3 is 3. The quantitative estimate of drug-likeness (QED) is 0.742. The van der Waals surface area contributed by atoms with Gasteiger partial charge in [-0.3, -0.25) is 19.3 Å². The average Bonchev–Trinajstić information content (AvgIpc) is 2.84. The summed E-state index contributed by atoms with van der Waals surface area (Å²) in [4.78, 5) is 38.1. The normalized spacial score (nSPS) is 14.2. The molecule has 8 nitrogen and oxygen atoms in total. The molecule has 136 valence electrons. The van der Waals surface area contributed by atoms with Crippen molar-refractivity contribution in [1.29, 1.82) is 0 Å². The first-order valence-corrected chi connectivity index (χ1v) is 7.88. The van der Waals surface area contributed by atoms with Crippen molar-refractivity contribution in [3.05, 3.63) is 11.6 Å². The van der Waals surface area contributed by atoms with E-state index in [0.29, 0.717) is 5.75 Å². The highest BCUT2D eigenvalue weighted by Crippen LogP contribution is 2.47. The minimum Gasteiger partial charge on any atom is -0.493 e. The molecule has 0 saturated carbocycles. The number of carbonyl (C=O) groups is 3. The van der Waals surface area contributed by atoms with Gasteiger partial charge in [0.05, 0.1) is 32.6 Å². The number of amides is 2. The van der Waals surface area contributed by atoms with Gasteiger partial charge in [-0.2, -0.15) is 0 Å². The first kappa shape index (κ1) is 18.6. The van der Waals surface area contributed by atoms with Crippen molar-refractivity contribution < 1.29 is 28.6 Å². The summed E-state index contributed by atoms with van der Waals surface area (Å²) in [7, 11) is 4.21. The number of Topliss-reactive ketones (excluding diaryl/α,β-unsaturated/α-hetero) is 1. The Bertz CT molecular complexity index is 716. The highest BCUT2D eigenvalue weighted by molar-refractivity contribution is 6.53. The van der Waals surface area contributed by atoms with E-state index in [1.165, 1.54) is 27.4 Å². The summed E-state index contributed by atoms with van der Waals surface area (Å²) < 4.78 is 15.8. The van der Waals surface area contributed by atoms with Crippen molar-refractivity contribution in [3.63, 3.8) is 0 Å². The second-order valence-electron chi connectivity index (χ2n) is 5.64. The van der Waals surface area contributed by atoms with Crippen LogP contribution in [0.1, 0.15) is 30.6 Å². The molecule has 1 aliphatic rings. The Morgan fingerprint density at radius 3 is 2.32 bits per heavy atom. The molecule has 1 atom stereocenters. The Morgan fingerprint density at radius 1 is 1.16 bits per heavy atom. The fraction of sp³-hybridized carbons (Fsp3) is 0.471. The first-order valence-electron chi connectivity index (χ1n) is 7.88. The van der Waals surface area contributed by atoms with E-state index in [-0.39, 0.29) is 41.2 Å². The third kappa shape index (κ3) is 3.24. The number of ketones is 1. The van der Waals surface area contributed by atoms with Crippen LogP contribution in [0.2, 0.25) is 0 Å². The van der Waals surface area contributed by atoms with Gasteiger partial charge in [0, 0.05) is 12.1 Å². The van der Waals surface area contributed by atoms with E-state index >= 15 is 0 Å². The van der Waals surface area contributed by atoms with Gasteiger partial charge in [-0.05, 0) is 13.3 Å². The van der Waals surface area contributed by atoms with Gasteiger partial charge < -0.3 is 19.5 Å². The minimum absolute atomic E-state index is 0.0275. The second kappa shape index (κ2) is 7.42. The molecule has 0 aliphatic carbocycles. The molecular weight excluding hydrogens is 328 g/mol. The zero-order valence-electron chi connectivity index (χ0n) is 15.0. The van der Waals surface area contributed by atoms with E-state index in [9.17, 15) is 14.4 Å². The lowest BCUT2D eigenvalue weighted by atomic mass is 10.1. The lowest BCUT2D eigenvalue weighted by molar-refractivity contribution is -0.122. The van der Waals surface area contributed by atoms with Crippen molar-refractivity contribution in [3.8, 4) is 17.2 Å². The molecule has 0 aromatic heterocycles. The molecule has 0 spiro atoms. The number of hydrogen-bond donors (Lipinski definition) is 1. The Labute approximate surface area is 146 Å². The summed E-state index contributed by atoms with van der Waals surface area (Å²) in [5.41, 5.74) is 0.338. The number of nitrogens with zero attached hydrogens (tertiary/aromatic N) is 1. The van der Waals surface area contributed by atoms with Crippen LogP contribution in [0, 0.1) is 0 Å². The molecule has 0 fully saturated rings. The molecule has 1 aliphatic heterocycles. The molecule has 0 saturated heterocycles. The summed E-state index contributed by atoms with van der Waals surface area (Å²) >= 11 is 0. The number of ether oxygens (including phenoxy) is 3. The van der Waals surface area contributed by atoms with Crippen LogP contribution in [0.25, 0.3) is 0 Å². The van der Waals surface area contributed by atoms with Crippen LogP contribution in [-0.2, 0) is 9.59 Å². The van der Waals surface area contributed by atoms with Crippen molar-refractivity contribution in [2.75, 3.05) is 32.8 Å². The molecule has 2 amide bonds. The fourth-order valence-electron chi connectivity index (χ4n) is 2.64. The van der Waals surface area contributed by atoms with Crippen LogP contribution in [-0.4, -0.2) is 51.5 Å². The predicted molar refractivity (Wildman–Crippen MR) is 90.7 cm³/mol. The Balaban J connectivity index is 2.47. The maximum Gasteiger partial charge on any atom is 0.300 e. The van der Waals surface area contributed by atoms with Gasteiger partial charge in [0.25, 0.3) is 11.7 Å². The number of fused-ring (bicyclic) bond motifs is 1. The third-order valence-electron chi connectivity index (χ3n) is 4.09. The lowest BCUT2D eigenvalue weighted by Crippen LogP contribution is -2.42. The topological polar surface area (TPSA) is 94.2 Å². The van der Waals surface area contributed by atoms with Crippen molar-refractivity contribution in [1.82, 2.24) is 5.32 Å².